The topological polar surface area (TPSA) is 55.9 Å². The Labute approximate surface area is 78.1 Å². The number of rotatable bonds is 2. The summed E-state index contributed by atoms with van der Waals surface area (Å²) in [4.78, 5) is 0. The van der Waals surface area contributed by atoms with Crippen molar-refractivity contribution in [3.05, 3.63) is 12.3 Å². The number of nitrogens with one attached hydrogen (secondary N) is 1. The largest absolute Gasteiger partial charge is 0.384 e. The van der Waals surface area contributed by atoms with E-state index in [4.69, 9.17) is 5.73 Å². The molecule has 2 heterocycles. The lowest BCUT2D eigenvalue weighted by molar-refractivity contribution is 0.327. The average molecular weight is 180 g/mol. The molecule has 4 heteroatoms. The van der Waals surface area contributed by atoms with E-state index in [2.05, 4.69) is 10.4 Å². The Morgan fingerprint density at radius 3 is 3.23 bits per heavy atom. The molecule has 0 aliphatic carbocycles. The lowest BCUT2D eigenvalue weighted by Crippen LogP contribution is -2.32. The van der Waals surface area contributed by atoms with Crippen LogP contribution in [0.1, 0.15) is 12.8 Å². The van der Waals surface area contributed by atoms with Crippen LogP contribution in [0.2, 0.25) is 0 Å². The van der Waals surface area contributed by atoms with Gasteiger partial charge in [-0.2, -0.15) is 5.10 Å². The third kappa shape index (κ3) is 2.01. The second kappa shape index (κ2) is 3.79. The van der Waals surface area contributed by atoms with E-state index < -0.39 is 0 Å². The van der Waals surface area contributed by atoms with Gasteiger partial charge in [-0.1, -0.05) is 0 Å². The maximum Gasteiger partial charge on any atom is 0.121 e. The van der Waals surface area contributed by atoms with E-state index >= 15 is 0 Å². The second-order valence-electron chi connectivity index (χ2n) is 3.65. The van der Waals surface area contributed by atoms with Crippen LogP contribution < -0.4 is 11.1 Å². The first-order valence-electron chi connectivity index (χ1n) is 4.84. The SMILES string of the molecule is Nc1ccnn1C[C@H]1CCCNC1. The van der Waals surface area contributed by atoms with E-state index in [9.17, 15) is 0 Å². The summed E-state index contributed by atoms with van der Waals surface area (Å²) in [6.45, 7) is 3.20. The summed E-state index contributed by atoms with van der Waals surface area (Å²) in [6, 6.07) is 1.84. The van der Waals surface area contributed by atoms with E-state index in [0.717, 1.165) is 25.5 Å². The van der Waals surface area contributed by atoms with Gasteiger partial charge in [-0.15, -0.1) is 0 Å². The Bertz CT molecular complexity index is 262. The number of nitrogens with zero attached hydrogens (tertiary/aromatic N) is 2. The maximum atomic E-state index is 5.74. The lowest BCUT2D eigenvalue weighted by Gasteiger charge is -2.22. The minimum Gasteiger partial charge on any atom is -0.384 e. The van der Waals surface area contributed by atoms with Gasteiger partial charge < -0.3 is 11.1 Å². The molecule has 1 aliphatic heterocycles. The Balaban J connectivity index is 1.93. The number of hydrogen-bond acceptors (Lipinski definition) is 3. The van der Waals surface area contributed by atoms with Crippen LogP contribution in [0.25, 0.3) is 0 Å². The van der Waals surface area contributed by atoms with Crippen molar-refractivity contribution in [3.63, 3.8) is 0 Å². The Kier molecular flexibility index (Phi) is 2.49. The van der Waals surface area contributed by atoms with E-state index in [1.807, 2.05) is 10.7 Å². The van der Waals surface area contributed by atoms with Crippen molar-refractivity contribution >= 4 is 5.82 Å². The molecule has 1 saturated heterocycles. The summed E-state index contributed by atoms with van der Waals surface area (Å²) in [5.41, 5.74) is 5.74. The molecule has 2 rings (SSSR count). The minimum atomic E-state index is 0.691. The average Bonchev–Trinajstić information content (AvgIpc) is 2.54. The molecular formula is C9H16N4. The summed E-state index contributed by atoms with van der Waals surface area (Å²) in [5, 5.41) is 7.56. The van der Waals surface area contributed by atoms with E-state index in [1.165, 1.54) is 12.8 Å². The van der Waals surface area contributed by atoms with Crippen molar-refractivity contribution in [2.45, 2.75) is 19.4 Å². The molecule has 1 aromatic rings. The Morgan fingerprint density at radius 2 is 2.62 bits per heavy atom. The van der Waals surface area contributed by atoms with Crippen LogP contribution in [-0.2, 0) is 6.54 Å². The van der Waals surface area contributed by atoms with Gasteiger partial charge in [-0.25, -0.2) is 4.68 Å². The monoisotopic (exact) mass is 180 g/mol. The maximum absolute atomic E-state index is 5.74. The van der Waals surface area contributed by atoms with Gasteiger partial charge in [0.2, 0.25) is 0 Å². The Morgan fingerprint density at radius 1 is 1.69 bits per heavy atom. The molecule has 13 heavy (non-hydrogen) atoms. The molecule has 0 saturated carbocycles. The van der Waals surface area contributed by atoms with Crippen molar-refractivity contribution in [2.24, 2.45) is 5.92 Å². The fraction of sp³-hybridized carbons (Fsp3) is 0.667. The van der Waals surface area contributed by atoms with Gasteiger partial charge in [0.25, 0.3) is 0 Å². The quantitative estimate of drug-likeness (QED) is 0.695. The van der Waals surface area contributed by atoms with Crippen LogP contribution in [0.4, 0.5) is 5.82 Å². The predicted molar refractivity (Wildman–Crippen MR) is 52.2 cm³/mol. The molecule has 4 nitrogen and oxygen atoms in total. The van der Waals surface area contributed by atoms with Crippen molar-refractivity contribution in [1.82, 2.24) is 15.1 Å². The molecule has 0 amide bonds. The summed E-state index contributed by atoms with van der Waals surface area (Å²) in [6.07, 6.45) is 4.31. The number of piperidine rings is 1. The second-order valence-corrected chi connectivity index (χ2v) is 3.65. The summed E-state index contributed by atoms with van der Waals surface area (Å²) >= 11 is 0. The van der Waals surface area contributed by atoms with Crippen molar-refractivity contribution in [2.75, 3.05) is 18.8 Å². The van der Waals surface area contributed by atoms with Gasteiger partial charge in [-0.3, -0.25) is 0 Å². The molecule has 0 unspecified atom stereocenters. The zero-order valence-electron chi connectivity index (χ0n) is 7.74. The Hall–Kier alpha value is -1.03. The smallest absolute Gasteiger partial charge is 0.121 e. The zero-order valence-corrected chi connectivity index (χ0v) is 7.74. The highest BCUT2D eigenvalue weighted by Gasteiger charge is 2.14. The molecule has 0 aromatic carbocycles. The predicted octanol–water partition coefficient (Wildman–Crippen LogP) is 0.465. The van der Waals surface area contributed by atoms with Gasteiger partial charge in [0.1, 0.15) is 5.82 Å². The molecular weight excluding hydrogens is 164 g/mol. The highest BCUT2D eigenvalue weighted by molar-refractivity contribution is 5.25. The summed E-state index contributed by atoms with van der Waals surface area (Å²) in [7, 11) is 0. The van der Waals surface area contributed by atoms with Gasteiger partial charge in [-0.05, 0) is 37.9 Å². The number of nitrogens with two attached hydrogens (primary N) is 1. The summed E-state index contributed by atoms with van der Waals surface area (Å²) in [5.74, 6) is 1.46. The van der Waals surface area contributed by atoms with Crippen LogP contribution in [0, 0.1) is 5.92 Å². The molecule has 72 valence electrons. The fourth-order valence-electron chi connectivity index (χ4n) is 1.82. The lowest BCUT2D eigenvalue weighted by atomic mass is 10.00. The van der Waals surface area contributed by atoms with E-state index in [0.29, 0.717) is 5.92 Å². The first-order chi connectivity index (χ1) is 6.36. The first-order valence-corrected chi connectivity index (χ1v) is 4.84. The molecule has 0 radical (unpaired) electrons. The van der Waals surface area contributed by atoms with Crippen LogP contribution in [0.3, 0.4) is 0 Å². The van der Waals surface area contributed by atoms with Gasteiger partial charge in [0.05, 0.1) is 6.20 Å². The van der Waals surface area contributed by atoms with E-state index in [-0.39, 0.29) is 0 Å². The highest BCUT2D eigenvalue weighted by Crippen LogP contribution is 2.13. The normalized spacial score (nSPS) is 23.2. The van der Waals surface area contributed by atoms with Crippen LogP contribution in [0.5, 0.6) is 0 Å². The molecule has 1 fully saturated rings. The minimum absolute atomic E-state index is 0.691. The number of anilines is 1. The number of hydrogen-bond donors (Lipinski definition) is 2. The highest BCUT2D eigenvalue weighted by atomic mass is 15.3. The molecule has 1 aliphatic rings. The van der Waals surface area contributed by atoms with Gasteiger partial charge in [0, 0.05) is 6.54 Å². The first kappa shape index (κ1) is 8.56. The number of aromatic nitrogens is 2. The van der Waals surface area contributed by atoms with Crippen molar-refractivity contribution < 1.29 is 0 Å². The number of nitrogen functional groups attached to an aromatic ring is 1. The zero-order chi connectivity index (χ0) is 9.10. The van der Waals surface area contributed by atoms with Crippen molar-refractivity contribution in [1.29, 1.82) is 0 Å². The van der Waals surface area contributed by atoms with Crippen molar-refractivity contribution in [3.8, 4) is 0 Å². The van der Waals surface area contributed by atoms with Crippen LogP contribution >= 0.6 is 0 Å². The van der Waals surface area contributed by atoms with Crippen LogP contribution in [0.15, 0.2) is 12.3 Å². The van der Waals surface area contributed by atoms with Gasteiger partial charge >= 0.3 is 0 Å². The molecule has 0 bridgehead atoms. The third-order valence-electron chi connectivity index (χ3n) is 2.58. The third-order valence-corrected chi connectivity index (χ3v) is 2.58. The fourth-order valence-corrected chi connectivity index (χ4v) is 1.82. The standard InChI is InChI=1S/C9H16N4/c10-9-3-5-12-13(9)7-8-2-1-4-11-6-8/h3,5,8,11H,1-2,4,6-7,10H2/t8-/m0/s1. The van der Waals surface area contributed by atoms with E-state index in [1.54, 1.807) is 6.20 Å². The molecule has 3 N–H and O–H groups in total. The summed E-state index contributed by atoms with van der Waals surface area (Å²) < 4.78 is 1.89. The van der Waals surface area contributed by atoms with Gasteiger partial charge in [0.15, 0.2) is 0 Å². The molecule has 1 atom stereocenters. The van der Waals surface area contributed by atoms with Crippen LogP contribution in [-0.4, -0.2) is 22.9 Å². The molecule has 1 aromatic heterocycles. The molecule has 0 spiro atoms.